The molecule has 0 bridgehead atoms. The fourth-order valence-corrected chi connectivity index (χ4v) is 13.1. The quantitative estimate of drug-likeness (QED) is 0.0359. The summed E-state index contributed by atoms with van der Waals surface area (Å²) >= 11 is 0. The Morgan fingerprint density at radius 2 is 0.583 bits per heavy atom. The molecule has 550 valence electrons. The lowest BCUT2D eigenvalue weighted by molar-refractivity contribution is -0.159. The van der Waals surface area contributed by atoms with Gasteiger partial charge in [-0.2, -0.15) is 0 Å². The summed E-state index contributed by atoms with van der Waals surface area (Å²) in [5.41, 5.74) is -1.14. The molecule has 2 heterocycles. The van der Waals surface area contributed by atoms with E-state index in [1.807, 2.05) is 0 Å². The van der Waals surface area contributed by atoms with E-state index in [0.29, 0.717) is 25.7 Å². The van der Waals surface area contributed by atoms with Crippen LogP contribution in [0.25, 0.3) is 11.1 Å². The summed E-state index contributed by atoms with van der Waals surface area (Å²) in [6, 6.07) is 3.13. The molecule has 2 N–H and O–H groups in total. The van der Waals surface area contributed by atoms with Crippen LogP contribution in [-0.2, 0) is 51.0 Å². The highest BCUT2D eigenvalue weighted by molar-refractivity contribution is 6.06. The van der Waals surface area contributed by atoms with Gasteiger partial charge < -0.3 is 29.2 Å². The molecule has 0 fully saturated rings. The molecule has 0 saturated carbocycles. The Hall–Kier alpha value is -4.88. The first-order valence-corrected chi connectivity index (χ1v) is 40.1. The molecule has 0 aliphatic carbocycles. The summed E-state index contributed by atoms with van der Waals surface area (Å²) in [6.07, 6.45) is 60.3. The highest BCUT2D eigenvalue weighted by Crippen LogP contribution is 2.34. The Labute approximate surface area is 584 Å². The van der Waals surface area contributed by atoms with E-state index in [1.165, 1.54) is 231 Å². The lowest BCUT2D eigenvalue weighted by atomic mass is 9.90. The van der Waals surface area contributed by atoms with Gasteiger partial charge in [0.05, 0.1) is 22.5 Å². The van der Waals surface area contributed by atoms with Crippen LogP contribution in [0.2, 0.25) is 0 Å². The zero-order valence-electron chi connectivity index (χ0n) is 61.8. The normalized spacial score (nSPS) is 12.0. The third kappa shape index (κ3) is 47.2. The zero-order chi connectivity index (χ0) is 69.6. The van der Waals surface area contributed by atoms with Crippen molar-refractivity contribution in [1.29, 1.82) is 0 Å². The molecule has 0 aliphatic heterocycles. The molecule has 0 aliphatic rings. The number of rotatable bonds is 69. The van der Waals surface area contributed by atoms with Crippen LogP contribution in [-0.4, -0.2) is 81.4 Å². The first kappa shape index (κ1) is 87.2. The second kappa shape index (κ2) is 62.4. The average Bonchev–Trinajstić information content (AvgIpc) is 0.764. The van der Waals surface area contributed by atoms with E-state index < -0.39 is 59.2 Å². The maximum Gasteiger partial charge on any atom is 0.338 e. The van der Waals surface area contributed by atoms with Gasteiger partial charge in [-0.25, -0.2) is 9.59 Å². The Kier molecular flexibility index (Phi) is 56.7. The molecule has 2 aromatic heterocycles. The number of hydrogen-bond acceptors (Lipinski definition) is 12. The van der Waals surface area contributed by atoms with E-state index in [1.54, 1.807) is 12.1 Å². The molecule has 14 heteroatoms. The standard InChI is InChI=1S/C82H140N2O12/c1-5-9-13-17-21-25-29-33-37-41-45-49-53-59-74(85)93-67-70(95-76(87)61-55-51-47-43-39-35-31-27-23-19-15-11-7-3)64-72-79(81(89)90)78(69-58-57-63-83-66-69)80(82(91)92)73(84-72)65-71(96-77(88)62-56-52-48-44-40-36-32-28-24-20-16-12-8-4)68-94-75(86)60-54-50-46-42-38-34-30-26-22-18-14-10-6-2/h57-58,63,66,70-71H,5-56,59-62,64-65,67-68H2,1-4H3,(H,89,90)(H,91,92). The fourth-order valence-electron chi connectivity index (χ4n) is 13.1. The number of ether oxygens (including phenoxy) is 4. The predicted molar refractivity (Wildman–Crippen MR) is 392 cm³/mol. The van der Waals surface area contributed by atoms with Gasteiger partial charge >= 0.3 is 35.8 Å². The summed E-state index contributed by atoms with van der Waals surface area (Å²) in [4.78, 5) is 91.0. The molecule has 2 unspecified atom stereocenters. The highest BCUT2D eigenvalue weighted by atomic mass is 16.6. The van der Waals surface area contributed by atoms with Crippen LogP contribution in [0.15, 0.2) is 24.5 Å². The van der Waals surface area contributed by atoms with E-state index in [2.05, 4.69) is 32.7 Å². The van der Waals surface area contributed by atoms with Crippen LogP contribution in [0, 0.1) is 0 Å². The van der Waals surface area contributed by atoms with Crippen LogP contribution in [0.3, 0.4) is 0 Å². The second-order valence-corrected chi connectivity index (χ2v) is 28.0. The van der Waals surface area contributed by atoms with Crippen LogP contribution in [0.5, 0.6) is 0 Å². The van der Waals surface area contributed by atoms with E-state index in [-0.39, 0.29) is 74.3 Å². The fraction of sp³-hybridized carbons (Fsp3) is 0.805. The zero-order valence-corrected chi connectivity index (χ0v) is 61.8. The van der Waals surface area contributed by atoms with Crippen molar-refractivity contribution in [2.45, 2.75) is 412 Å². The molecule has 14 nitrogen and oxygen atoms in total. The second-order valence-electron chi connectivity index (χ2n) is 28.0. The Balaban J connectivity index is 2.39. The van der Waals surface area contributed by atoms with Gasteiger partial charge in [0, 0.05) is 62.0 Å². The Morgan fingerprint density at radius 3 is 0.812 bits per heavy atom. The van der Waals surface area contributed by atoms with Crippen molar-refractivity contribution in [3.8, 4) is 11.1 Å². The number of nitrogens with zero attached hydrogens (tertiary/aromatic N) is 2. The number of carbonyl (C=O) groups is 6. The summed E-state index contributed by atoms with van der Waals surface area (Å²) < 4.78 is 23.9. The lowest BCUT2D eigenvalue weighted by Crippen LogP contribution is -2.31. The largest absolute Gasteiger partial charge is 0.478 e. The minimum atomic E-state index is -1.48. The third-order valence-corrected chi connectivity index (χ3v) is 19.0. The summed E-state index contributed by atoms with van der Waals surface area (Å²) in [5.74, 6) is -4.95. The van der Waals surface area contributed by atoms with E-state index in [9.17, 15) is 39.0 Å². The smallest absolute Gasteiger partial charge is 0.338 e. The van der Waals surface area contributed by atoms with Gasteiger partial charge in [-0.3, -0.25) is 29.1 Å². The highest BCUT2D eigenvalue weighted by Gasteiger charge is 2.33. The number of aromatic carboxylic acids is 2. The van der Waals surface area contributed by atoms with Crippen molar-refractivity contribution < 1.29 is 57.9 Å². The first-order chi connectivity index (χ1) is 46.9. The van der Waals surface area contributed by atoms with Crippen molar-refractivity contribution in [2.24, 2.45) is 0 Å². The van der Waals surface area contributed by atoms with Gasteiger partial charge in [0.1, 0.15) is 25.4 Å². The Bertz CT molecular complexity index is 2120. The number of hydrogen-bond donors (Lipinski definition) is 2. The van der Waals surface area contributed by atoms with E-state index >= 15 is 0 Å². The van der Waals surface area contributed by atoms with Crippen molar-refractivity contribution in [3.63, 3.8) is 0 Å². The summed E-state index contributed by atoms with van der Waals surface area (Å²) in [6.45, 7) is 8.20. The summed E-state index contributed by atoms with van der Waals surface area (Å²) in [5, 5.41) is 22.3. The molecule has 0 saturated heterocycles. The van der Waals surface area contributed by atoms with Gasteiger partial charge in [0.25, 0.3) is 0 Å². The Morgan fingerprint density at radius 1 is 0.344 bits per heavy atom. The average molecular weight is 1350 g/mol. The van der Waals surface area contributed by atoms with Gasteiger partial charge in [-0.1, -0.05) is 342 Å². The monoisotopic (exact) mass is 1350 g/mol. The van der Waals surface area contributed by atoms with Gasteiger partial charge in [0.2, 0.25) is 0 Å². The van der Waals surface area contributed by atoms with Crippen molar-refractivity contribution in [3.05, 3.63) is 47.0 Å². The van der Waals surface area contributed by atoms with Crippen LogP contribution in [0.1, 0.15) is 419 Å². The van der Waals surface area contributed by atoms with Crippen LogP contribution >= 0.6 is 0 Å². The number of esters is 4. The third-order valence-electron chi connectivity index (χ3n) is 19.0. The number of aromatic nitrogens is 2. The van der Waals surface area contributed by atoms with E-state index in [0.717, 1.165) is 89.9 Å². The SMILES string of the molecule is CCCCCCCCCCCCCCCC(=O)OCC(Cc1nc(CC(COC(=O)CCCCCCCCCCCCCCC)OC(=O)CCCCCCCCCCCCCCC)c(C(=O)O)c(-c2cccnc2)c1C(=O)O)OC(=O)CCCCCCCCCCCCCCC. The molecule has 0 aromatic carbocycles. The molecular weight excluding hydrogens is 1200 g/mol. The molecular formula is C82H140N2O12. The molecule has 0 radical (unpaired) electrons. The van der Waals surface area contributed by atoms with Gasteiger partial charge in [-0.15, -0.1) is 0 Å². The number of carboxylic acids is 2. The molecule has 0 amide bonds. The number of unbranched alkanes of at least 4 members (excludes halogenated alkanes) is 48. The first-order valence-electron chi connectivity index (χ1n) is 40.1. The molecule has 2 rings (SSSR count). The predicted octanol–water partition coefficient (Wildman–Crippen LogP) is 23.5. The van der Waals surface area contributed by atoms with Crippen LogP contribution < -0.4 is 0 Å². The number of pyridine rings is 2. The van der Waals surface area contributed by atoms with Crippen molar-refractivity contribution >= 4 is 35.8 Å². The molecule has 96 heavy (non-hydrogen) atoms. The molecule has 0 spiro atoms. The van der Waals surface area contributed by atoms with Crippen molar-refractivity contribution in [1.82, 2.24) is 9.97 Å². The maximum atomic E-state index is 13.8. The van der Waals surface area contributed by atoms with Gasteiger partial charge in [-0.05, 0) is 31.7 Å². The molecule has 2 aromatic rings. The van der Waals surface area contributed by atoms with Crippen molar-refractivity contribution in [2.75, 3.05) is 13.2 Å². The molecule has 2 atom stereocenters. The van der Waals surface area contributed by atoms with Gasteiger partial charge in [0.15, 0.2) is 0 Å². The number of carboxylic acid groups (broad SMARTS) is 2. The maximum absolute atomic E-state index is 13.8. The topological polar surface area (TPSA) is 206 Å². The van der Waals surface area contributed by atoms with E-state index in [4.69, 9.17) is 23.9 Å². The lowest BCUT2D eigenvalue weighted by Gasteiger charge is -2.23. The minimum absolute atomic E-state index is 0.106. The minimum Gasteiger partial charge on any atom is -0.478 e. The number of carbonyl (C=O) groups excluding carboxylic acids is 4. The van der Waals surface area contributed by atoms with Crippen LogP contribution in [0.4, 0.5) is 0 Å². The summed E-state index contributed by atoms with van der Waals surface area (Å²) in [7, 11) is 0.